The van der Waals surface area contributed by atoms with Crippen LogP contribution >= 0.6 is 0 Å². The summed E-state index contributed by atoms with van der Waals surface area (Å²) < 4.78 is 7.00. The van der Waals surface area contributed by atoms with Gasteiger partial charge in [0.25, 0.3) is 5.56 Å². The third-order valence-electron chi connectivity index (χ3n) is 3.68. The number of hydrogen-bond acceptors (Lipinski definition) is 4. The van der Waals surface area contributed by atoms with Gasteiger partial charge < -0.3 is 9.84 Å². The Morgan fingerprint density at radius 3 is 2.62 bits per heavy atom. The summed E-state index contributed by atoms with van der Waals surface area (Å²) in [5.74, 6) is -0.834. The van der Waals surface area contributed by atoms with Gasteiger partial charge in [-0.15, -0.1) is 0 Å². The molecule has 0 radical (unpaired) electrons. The Morgan fingerprint density at radius 2 is 1.96 bits per heavy atom. The van der Waals surface area contributed by atoms with Crippen molar-refractivity contribution < 1.29 is 14.6 Å². The monoisotopic (exact) mass is 324 g/mol. The molecule has 0 spiro atoms. The van der Waals surface area contributed by atoms with Gasteiger partial charge in [0.15, 0.2) is 11.4 Å². The third kappa shape index (κ3) is 2.86. The molecule has 2 heterocycles. The highest BCUT2D eigenvalue weighted by Crippen LogP contribution is 2.19. The second-order valence-corrected chi connectivity index (χ2v) is 5.24. The zero-order valence-corrected chi connectivity index (χ0v) is 13.1. The first-order chi connectivity index (χ1) is 11.6. The summed E-state index contributed by atoms with van der Waals surface area (Å²) in [6.07, 6.45) is 1.84. The Hall–Kier alpha value is -3.15. The maximum absolute atomic E-state index is 12.5. The number of aromatic nitrogens is 2. The predicted octanol–water partition coefficient (Wildman–Crippen LogP) is 2.53. The minimum absolute atomic E-state index is 0.253. The number of hydrogen-bond donors (Lipinski definition) is 1. The van der Waals surface area contributed by atoms with E-state index in [-0.39, 0.29) is 11.3 Å². The molecule has 0 amide bonds. The number of ether oxygens (including phenoxy) is 1. The number of carbonyl (C=O) groups is 1. The summed E-state index contributed by atoms with van der Waals surface area (Å²) in [6, 6.07) is 13.0. The number of carboxylic acids is 1. The van der Waals surface area contributed by atoms with E-state index in [1.54, 1.807) is 19.1 Å². The Morgan fingerprint density at radius 1 is 1.21 bits per heavy atom. The second kappa shape index (κ2) is 6.54. The summed E-state index contributed by atoms with van der Waals surface area (Å²) in [4.78, 5) is 28.2. The van der Waals surface area contributed by atoms with Gasteiger partial charge in [-0.2, -0.15) is 0 Å². The van der Waals surface area contributed by atoms with Crippen LogP contribution in [0.5, 0.6) is 5.75 Å². The fourth-order valence-electron chi connectivity index (χ4n) is 2.50. The van der Waals surface area contributed by atoms with Crippen molar-refractivity contribution in [2.24, 2.45) is 0 Å². The van der Waals surface area contributed by atoms with E-state index in [0.717, 1.165) is 5.56 Å². The lowest BCUT2D eigenvalue weighted by atomic mass is 10.2. The summed E-state index contributed by atoms with van der Waals surface area (Å²) >= 11 is 0. The molecule has 0 aliphatic heterocycles. The smallest absolute Gasteiger partial charge is 0.343 e. The van der Waals surface area contributed by atoms with E-state index >= 15 is 0 Å². The van der Waals surface area contributed by atoms with Crippen LogP contribution in [0.15, 0.2) is 53.5 Å². The van der Waals surface area contributed by atoms with Crippen molar-refractivity contribution in [1.82, 2.24) is 9.38 Å². The van der Waals surface area contributed by atoms with Crippen LogP contribution in [0.3, 0.4) is 0 Å². The number of aryl methyl sites for hydroxylation is 1. The molecule has 0 aliphatic rings. The molecule has 2 aromatic heterocycles. The van der Waals surface area contributed by atoms with Gasteiger partial charge in [0.2, 0.25) is 0 Å². The van der Waals surface area contributed by atoms with Crippen molar-refractivity contribution in [2.45, 2.75) is 20.0 Å². The Kier molecular flexibility index (Phi) is 4.29. The molecular weight excluding hydrogens is 308 g/mol. The molecule has 0 saturated heterocycles. The molecule has 24 heavy (non-hydrogen) atoms. The summed E-state index contributed by atoms with van der Waals surface area (Å²) in [6.45, 7) is 2.09. The molecular formula is C18H16N2O4. The molecule has 0 unspecified atom stereocenters. The lowest BCUT2D eigenvalue weighted by Crippen LogP contribution is -2.26. The van der Waals surface area contributed by atoms with Crippen molar-refractivity contribution in [3.8, 4) is 5.75 Å². The van der Waals surface area contributed by atoms with Gasteiger partial charge in [0, 0.05) is 6.20 Å². The molecule has 6 heteroatoms. The number of benzene rings is 1. The normalized spacial score (nSPS) is 10.7. The Labute approximate surface area is 138 Å². The highest BCUT2D eigenvalue weighted by atomic mass is 16.5. The first kappa shape index (κ1) is 15.7. The van der Waals surface area contributed by atoms with Crippen LogP contribution < -0.4 is 10.3 Å². The molecule has 3 rings (SSSR count). The van der Waals surface area contributed by atoms with Crippen LogP contribution in [0, 0.1) is 0 Å². The molecule has 122 valence electrons. The zero-order chi connectivity index (χ0) is 17.1. The van der Waals surface area contributed by atoms with E-state index in [1.807, 2.05) is 30.3 Å². The predicted molar refractivity (Wildman–Crippen MR) is 88.6 cm³/mol. The molecule has 6 nitrogen and oxygen atoms in total. The molecule has 0 atom stereocenters. The molecule has 1 N–H and O–H groups in total. The number of fused-ring (bicyclic) bond motifs is 1. The SMILES string of the molecule is CCc1nc2c(OCc3ccccc3)cccn2c(=O)c1C(=O)O. The van der Waals surface area contributed by atoms with E-state index in [2.05, 4.69) is 4.98 Å². The number of pyridine rings is 1. The van der Waals surface area contributed by atoms with E-state index in [0.29, 0.717) is 24.4 Å². The average Bonchev–Trinajstić information content (AvgIpc) is 2.60. The quantitative estimate of drug-likeness (QED) is 0.780. The van der Waals surface area contributed by atoms with E-state index in [9.17, 15) is 14.7 Å². The third-order valence-corrected chi connectivity index (χ3v) is 3.68. The van der Waals surface area contributed by atoms with Crippen molar-refractivity contribution in [3.63, 3.8) is 0 Å². The fourth-order valence-corrected chi connectivity index (χ4v) is 2.50. The van der Waals surface area contributed by atoms with Gasteiger partial charge in [-0.1, -0.05) is 37.3 Å². The molecule has 3 aromatic rings. The van der Waals surface area contributed by atoms with Crippen LogP contribution in [0.2, 0.25) is 0 Å². The van der Waals surface area contributed by atoms with E-state index in [4.69, 9.17) is 4.74 Å². The molecule has 0 fully saturated rings. The first-order valence-corrected chi connectivity index (χ1v) is 7.56. The minimum Gasteiger partial charge on any atom is -0.485 e. The summed E-state index contributed by atoms with van der Waals surface area (Å²) in [7, 11) is 0. The van der Waals surface area contributed by atoms with Crippen molar-refractivity contribution in [2.75, 3.05) is 0 Å². The van der Waals surface area contributed by atoms with Crippen LogP contribution in [0.1, 0.15) is 28.5 Å². The lowest BCUT2D eigenvalue weighted by molar-refractivity contribution is 0.0693. The van der Waals surface area contributed by atoms with Crippen LogP contribution in [0.25, 0.3) is 5.65 Å². The topological polar surface area (TPSA) is 80.9 Å². The number of rotatable bonds is 5. The van der Waals surface area contributed by atoms with Gasteiger partial charge >= 0.3 is 5.97 Å². The number of carboxylic acid groups (broad SMARTS) is 1. The molecule has 1 aromatic carbocycles. The number of aromatic carboxylic acids is 1. The van der Waals surface area contributed by atoms with Gasteiger partial charge in [0.1, 0.15) is 12.2 Å². The maximum atomic E-state index is 12.5. The van der Waals surface area contributed by atoms with Crippen LogP contribution in [-0.4, -0.2) is 20.5 Å². The fraction of sp³-hybridized carbons (Fsp3) is 0.167. The first-order valence-electron chi connectivity index (χ1n) is 7.56. The van der Waals surface area contributed by atoms with Gasteiger partial charge in [-0.3, -0.25) is 9.20 Å². The second-order valence-electron chi connectivity index (χ2n) is 5.24. The Bertz CT molecular complexity index is 948. The minimum atomic E-state index is -1.27. The highest BCUT2D eigenvalue weighted by molar-refractivity contribution is 5.88. The van der Waals surface area contributed by atoms with E-state index in [1.165, 1.54) is 10.6 Å². The van der Waals surface area contributed by atoms with Crippen LogP contribution in [0.4, 0.5) is 0 Å². The largest absolute Gasteiger partial charge is 0.485 e. The van der Waals surface area contributed by atoms with Crippen molar-refractivity contribution in [3.05, 3.63) is 75.8 Å². The van der Waals surface area contributed by atoms with E-state index < -0.39 is 11.5 Å². The molecule has 0 aliphatic carbocycles. The van der Waals surface area contributed by atoms with Gasteiger partial charge in [-0.05, 0) is 24.1 Å². The molecule has 0 bridgehead atoms. The van der Waals surface area contributed by atoms with Crippen LogP contribution in [-0.2, 0) is 13.0 Å². The van der Waals surface area contributed by atoms with Crippen molar-refractivity contribution in [1.29, 1.82) is 0 Å². The lowest BCUT2D eigenvalue weighted by Gasteiger charge is -2.11. The number of nitrogens with zero attached hydrogens (tertiary/aromatic N) is 2. The van der Waals surface area contributed by atoms with Crippen molar-refractivity contribution >= 4 is 11.6 Å². The molecule has 0 saturated carbocycles. The van der Waals surface area contributed by atoms with Gasteiger partial charge in [0.05, 0.1) is 5.69 Å². The summed E-state index contributed by atoms with van der Waals surface area (Å²) in [5, 5.41) is 9.27. The highest BCUT2D eigenvalue weighted by Gasteiger charge is 2.19. The standard InChI is InChI=1S/C18H16N2O4/c1-2-13-15(18(22)23)17(21)20-10-6-9-14(16(20)19-13)24-11-12-7-4-3-5-8-12/h3-10H,2,11H2,1H3,(H,22,23). The maximum Gasteiger partial charge on any atom is 0.343 e. The van der Waals surface area contributed by atoms with Gasteiger partial charge in [-0.25, -0.2) is 9.78 Å². The Balaban J connectivity index is 2.08. The zero-order valence-electron chi connectivity index (χ0n) is 13.1. The summed E-state index contributed by atoms with van der Waals surface area (Å²) in [5.41, 5.74) is 0.660. The average molecular weight is 324 g/mol.